The number of carbonyl (C=O) groups excluding carboxylic acids is 1. The standard InChI is InChI=1S/C17H17N5O2S/c1-18-15(23)11-25-17-21-20-16(12-5-4-8-19-10-12)22(17)13-6-3-7-14(9-13)24-2/h3-10H,11H2,1-2H3,(H,18,23). The summed E-state index contributed by atoms with van der Waals surface area (Å²) >= 11 is 1.32. The maximum atomic E-state index is 11.6. The maximum absolute atomic E-state index is 11.6. The van der Waals surface area contributed by atoms with Crippen molar-refractivity contribution in [1.82, 2.24) is 25.1 Å². The molecule has 0 unspecified atom stereocenters. The van der Waals surface area contributed by atoms with E-state index in [-0.39, 0.29) is 11.7 Å². The Bertz CT molecular complexity index is 866. The Balaban J connectivity index is 2.07. The second-order valence-corrected chi connectivity index (χ2v) is 5.99. The van der Waals surface area contributed by atoms with Crippen LogP contribution in [-0.2, 0) is 4.79 Å². The first-order valence-electron chi connectivity index (χ1n) is 7.56. The molecule has 0 fully saturated rings. The highest BCUT2D eigenvalue weighted by molar-refractivity contribution is 7.99. The Morgan fingerprint density at radius 3 is 2.88 bits per heavy atom. The minimum atomic E-state index is -0.0758. The van der Waals surface area contributed by atoms with E-state index in [1.54, 1.807) is 26.6 Å². The van der Waals surface area contributed by atoms with Crippen molar-refractivity contribution in [3.8, 4) is 22.8 Å². The Kier molecular flexibility index (Phi) is 5.30. The molecule has 7 nitrogen and oxygen atoms in total. The summed E-state index contributed by atoms with van der Waals surface area (Å²) in [6, 6.07) is 11.4. The highest BCUT2D eigenvalue weighted by Crippen LogP contribution is 2.29. The third kappa shape index (κ3) is 3.80. The number of nitrogens with zero attached hydrogens (tertiary/aromatic N) is 4. The van der Waals surface area contributed by atoms with Crippen LogP contribution >= 0.6 is 11.8 Å². The van der Waals surface area contributed by atoms with Gasteiger partial charge >= 0.3 is 0 Å². The van der Waals surface area contributed by atoms with Crippen molar-refractivity contribution < 1.29 is 9.53 Å². The molecule has 0 aliphatic rings. The van der Waals surface area contributed by atoms with Crippen LogP contribution < -0.4 is 10.1 Å². The first-order chi connectivity index (χ1) is 12.2. The van der Waals surface area contributed by atoms with Crippen molar-refractivity contribution in [2.45, 2.75) is 5.16 Å². The molecule has 128 valence electrons. The molecule has 1 aromatic carbocycles. The minimum absolute atomic E-state index is 0.0758. The zero-order chi connectivity index (χ0) is 17.6. The van der Waals surface area contributed by atoms with Crippen LogP contribution in [0.3, 0.4) is 0 Å². The monoisotopic (exact) mass is 355 g/mol. The number of ether oxygens (including phenoxy) is 1. The number of thioether (sulfide) groups is 1. The zero-order valence-corrected chi connectivity index (χ0v) is 14.7. The van der Waals surface area contributed by atoms with Gasteiger partial charge in [0.25, 0.3) is 0 Å². The number of hydrogen-bond acceptors (Lipinski definition) is 6. The fraction of sp³-hybridized carbons (Fsp3) is 0.176. The number of amides is 1. The van der Waals surface area contributed by atoms with Crippen LogP contribution in [0.15, 0.2) is 53.9 Å². The highest BCUT2D eigenvalue weighted by atomic mass is 32.2. The van der Waals surface area contributed by atoms with Crippen LogP contribution in [0.25, 0.3) is 17.1 Å². The third-order valence-electron chi connectivity index (χ3n) is 3.48. The molecule has 1 N–H and O–H groups in total. The molecule has 2 aromatic heterocycles. The molecule has 2 heterocycles. The van der Waals surface area contributed by atoms with Gasteiger partial charge in [0.2, 0.25) is 5.91 Å². The van der Waals surface area contributed by atoms with Gasteiger partial charge in [0, 0.05) is 31.1 Å². The number of aromatic nitrogens is 4. The van der Waals surface area contributed by atoms with Crippen molar-refractivity contribution in [3.63, 3.8) is 0 Å². The van der Waals surface area contributed by atoms with E-state index in [1.165, 1.54) is 11.8 Å². The van der Waals surface area contributed by atoms with Crippen molar-refractivity contribution in [3.05, 3.63) is 48.8 Å². The van der Waals surface area contributed by atoms with Gasteiger partial charge in [-0.25, -0.2) is 0 Å². The Morgan fingerprint density at radius 1 is 1.28 bits per heavy atom. The van der Waals surface area contributed by atoms with Crippen LogP contribution in [0, 0.1) is 0 Å². The average Bonchev–Trinajstić information content (AvgIpc) is 3.10. The molecule has 0 spiro atoms. The maximum Gasteiger partial charge on any atom is 0.230 e. The van der Waals surface area contributed by atoms with E-state index in [4.69, 9.17) is 4.74 Å². The summed E-state index contributed by atoms with van der Waals surface area (Å²) in [6.45, 7) is 0. The van der Waals surface area contributed by atoms with E-state index in [0.717, 1.165) is 17.0 Å². The molecule has 0 aliphatic carbocycles. The molecule has 0 saturated heterocycles. The molecule has 1 amide bonds. The molecule has 25 heavy (non-hydrogen) atoms. The summed E-state index contributed by atoms with van der Waals surface area (Å²) in [6.07, 6.45) is 3.44. The van der Waals surface area contributed by atoms with Crippen LogP contribution in [0.5, 0.6) is 5.75 Å². The van der Waals surface area contributed by atoms with Crippen LogP contribution in [0.4, 0.5) is 0 Å². The second kappa shape index (κ2) is 7.80. The topological polar surface area (TPSA) is 81.9 Å². The summed E-state index contributed by atoms with van der Waals surface area (Å²) in [5.41, 5.74) is 1.69. The van der Waals surface area contributed by atoms with Crippen LogP contribution in [-0.4, -0.2) is 45.6 Å². The lowest BCUT2D eigenvalue weighted by atomic mass is 10.2. The van der Waals surface area contributed by atoms with E-state index >= 15 is 0 Å². The first-order valence-corrected chi connectivity index (χ1v) is 8.55. The molecule has 0 atom stereocenters. The summed E-state index contributed by atoms with van der Waals surface area (Å²) < 4.78 is 7.21. The normalized spacial score (nSPS) is 10.5. The molecule has 3 rings (SSSR count). The van der Waals surface area contributed by atoms with Gasteiger partial charge in [-0.05, 0) is 24.3 Å². The summed E-state index contributed by atoms with van der Waals surface area (Å²) in [4.78, 5) is 15.7. The van der Waals surface area contributed by atoms with Gasteiger partial charge in [0.1, 0.15) is 5.75 Å². The van der Waals surface area contributed by atoms with E-state index < -0.39 is 0 Å². The molecule has 3 aromatic rings. The number of nitrogens with one attached hydrogen (secondary N) is 1. The summed E-state index contributed by atoms with van der Waals surface area (Å²) in [5.74, 6) is 1.56. The molecule has 0 bridgehead atoms. The van der Waals surface area contributed by atoms with Gasteiger partial charge in [-0.15, -0.1) is 10.2 Å². The van der Waals surface area contributed by atoms with Gasteiger partial charge in [0.15, 0.2) is 11.0 Å². The van der Waals surface area contributed by atoms with Gasteiger partial charge < -0.3 is 10.1 Å². The predicted octanol–water partition coefficient (Wildman–Crippen LogP) is 2.18. The van der Waals surface area contributed by atoms with Crippen LogP contribution in [0.1, 0.15) is 0 Å². The number of carbonyl (C=O) groups is 1. The lowest BCUT2D eigenvalue weighted by Crippen LogP contribution is -2.20. The zero-order valence-electron chi connectivity index (χ0n) is 13.8. The van der Waals surface area contributed by atoms with Crippen molar-refractivity contribution in [2.75, 3.05) is 19.9 Å². The molecular formula is C17H17N5O2S. The number of pyridine rings is 1. The van der Waals surface area contributed by atoms with E-state index in [9.17, 15) is 4.79 Å². The minimum Gasteiger partial charge on any atom is -0.497 e. The highest BCUT2D eigenvalue weighted by Gasteiger charge is 2.17. The van der Waals surface area contributed by atoms with Crippen molar-refractivity contribution >= 4 is 17.7 Å². The largest absolute Gasteiger partial charge is 0.497 e. The molecule has 0 saturated carbocycles. The van der Waals surface area contributed by atoms with Crippen LogP contribution in [0.2, 0.25) is 0 Å². The lowest BCUT2D eigenvalue weighted by Gasteiger charge is -2.11. The number of methoxy groups -OCH3 is 1. The SMILES string of the molecule is CNC(=O)CSc1nnc(-c2cccnc2)n1-c1cccc(OC)c1. The number of rotatable bonds is 6. The van der Waals surface area contributed by atoms with Gasteiger partial charge in [-0.1, -0.05) is 17.8 Å². The number of hydrogen-bond donors (Lipinski definition) is 1. The smallest absolute Gasteiger partial charge is 0.230 e. The van der Waals surface area contributed by atoms with Gasteiger partial charge in [-0.2, -0.15) is 0 Å². The molecule has 8 heteroatoms. The Hall–Kier alpha value is -2.87. The van der Waals surface area contributed by atoms with Gasteiger partial charge in [-0.3, -0.25) is 14.3 Å². The van der Waals surface area contributed by atoms with Crippen molar-refractivity contribution in [2.24, 2.45) is 0 Å². The van der Waals surface area contributed by atoms with E-state index in [2.05, 4.69) is 20.5 Å². The average molecular weight is 355 g/mol. The number of benzene rings is 1. The van der Waals surface area contributed by atoms with E-state index in [0.29, 0.717) is 11.0 Å². The Labute approximate surface area is 149 Å². The first kappa shape index (κ1) is 17.0. The fourth-order valence-electron chi connectivity index (χ4n) is 2.23. The molecule has 0 aliphatic heterocycles. The predicted molar refractivity (Wildman–Crippen MR) is 95.9 cm³/mol. The van der Waals surface area contributed by atoms with E-state index in [1.807, 2.05) is 41.0 Å². The quantitative estimate of drug-likeness (QED) is 0.683. The molecule has 0 radical (unpaired) electrons. The van der Waals surface area contributed by atoms with Gasteiger partial charge in [0.05, 0.1) is 18.6 Å². The third-order valence-corrected chi connectivity index (χ3v) is 4.40. The second-order valence-electron chi connectivity index (χ2n) is 5.05. The fourth-order valence-corrected chi connectivity index (χ4v) is 3.05. The Morgan fingerprint density at radius 2 is 2.16 bits per heavy atom. The van der Waals surface area contributed by atoms with Crippen molar-refractivity contribution in [1.29, 1.82) is 0 Å². The molecular weight excluding hydrogens is 338 g/mol. The lowest BCUT2D eigenvalue weighted by molar-refractivity contribution is -0.118. The summed E-state index contributed by atoms with van der Waals surface area (Å²) in [7, 11) is 3.23. The summed E-state index contributed by atoms with van der Waals surface area (Å²) in [5, 5.41) is 11.8.